The molecule has 0 fully saturated rings. The molecule has 0 radical (unpaired) electrons. The van der Waals surface area contributed by atoms with Crippen LogP contribution in [0.5, 0.6) is 0 Å². The molecule has 0 aliphatic rings. The molecule has 1 nitrogen and oxygen atoms in total. The maximum Gasteiger partial charge on any atom is 0.0154 e. The van der Waals surface area contributed by atoms with Gasteiger partial charge in [-0.3, -0.25) is 0 Å². The Kier molecular flexibility index (Phi) is 18.3. The first kappa shape index (κ1) is 24.7. The van der Waals surface area contributed by atoms with Gasteiger partial charge in [-0.1, -0.05) is 104 Å². The van der Waals surface area contributed by atoms with Crippen LogP contribution in [-0.2, 0) is 0 Å². The fraction of sp³-hybridized carbons (Fsp3) is 0.917. The summed E-state index contributed by atoms with van der Waals surface area (Å²) in [5.74, 6) is 0. The largest absolute Gasteiger partial charge is 0.325 e. The predicted molar refractivity (Wildman–Crippen MR) is 116 cm³/mol. The molecule has 0 unspecified atom stereocenters. The summed E-state index contributed by atoms with van der Waals surface area (Å²) in [5, 5.41) is 0. The number of hydrogen-bond donors (Lipinski definition) is 1. The third kappa shape index (κ3) is 16.9. The molecule has 0 rings (SSSR count). The molecule has 0 bridgehead atoms. The lowest BCUT2D eigenvalue weighted by molar-refractivity contribution is 0.320. The van der Waals surface area contributed by atoms with Crippen LogP contribution in [0.25, 0.3) is 0 Å². The Labute approximate surface area is 160 Å². The van der Waals surface area contributed by atoms with Crippen LogP contribution in [-0.4, -0.2) is 5.54 Å². The van der Waals surface area contributed by atoms with Crippen molar-refractivity contribution in [2.24, 2.45) is 5.73 Å². The van der Waals surface area contributed by atoms with Crippen LogP contribution in [0.1, 0.15) is 136 Å². The van der Waals surface area contributed by atoms with Crippen molar-refractivity contribution < 1.29 is 0 Å². The molecule has 1 heteroatoms. The van der Waals surface area contributed by atoms with Crippen LogP contribution in [0.2, 0.25) is 0 Å². The molecule has 0 aliphatic heterocycles. The molecule has 150 valence electrons. The van der Waals surface area contributed by atoms with E-state index in [1.54, 1.807) is 0 Å². The van der Waals surface area contributed by atoms with Gasteiger partial charge in [0.05, 0.1) is 0 Å². The lowest BCUT2D eigenvalue weighted by atomic mass is 9.84. The SMILES string of the molecule is CCCCCCCC/C=C\CCCCCCCC(N)(CCC)CCC. The minimum atomic E-state index is 0.128. The summed E-state index contributed by atoms with van der Waals surface area (Å²) in [5.41, 5.74) is 6.69. The molecule has 0 amide bonds. The first-order chi connectivity index (χ1) is 12.2. The van der Waals surface area contributed by atoms with Crippen LogP contribution in [0, 0.1) is 0 Å². The van der Waals surface area contributed by atoms with Crippen molar-refractivity contribution in [3.05, 3.63) is 12.2 Å². The van der Waals surface area contributed by atoms with Gasteiger partial charge < -0.3 is 5.73 Å². The summed E-state index contributed by atoms with van der Waals surface area (Å²) in [6.07, 6.45) is 28.8. The number of rotatable bonds is 19. The average Bonchev–Trinajstić information content (AvgIpc) is 2.59. The molecule has 0 aromatic carbocycles. The van der Waals surface area contributed by atoms with Crippen LogP contribution in [0.3, 0.4) is 0 Å². The minimum Gasteiger partial charge on any atom is -0.325 e. The second kappa shape index (κ2) is 18.5. The van der Waals surface area contributed by atoms with Crippen molar-refractivity contribution >= 4 is 0 Å². The maximum absolute atomic E-state index is 6.56. The number of nitrogens with two attached hydrogens (primary N) is 1. The smallest absolute Gasteiger partial charge is 0.0154 e. The van der Waals surface area contributed by atoms with Crippen molar-refractivity contribution in [2.45, 2.75) is 142 Å². The summed E-state index contributed by atoms with van der Waals surface area (Å²) in [6, 6.07) is 0. The van der Waals surface area contributed by atoms with E-state index in [-0.39, 0.29) is 5.54 Å². The fourth-order valence-corrected chi connectivity index (χ4v) is 3.92. The monoisotopic (exact) mass is 351 g/mol. The zero-order valence-corrected chi connectivity index (χ0v) is 18.0. The highest BCUT2D eigenvalue weighted by Crippen LogP contribution is 2.24. The molecule has 0 atom stereocenters. The summed E-state index contributed by atoms with van der Waals surface area (Å²) in [7, 11) is 0. The first-order valence-corrected chi connectivity index (χ1v) is 11.6. The van der Waals surface area contributed by atoms with E-state index in [1.165, 1.54) is 116 Å². The first-order valence-electron chi connectivity index (χ1n) is 11.6. The standard InChI is InChI=1S/C24H49N/c1-4-7-8-9-10-11-12-13-14-15-16-17-18-19-20-23-24(25,21-5-2)22-6-3/h13-14H,4-12,15-23,25H2,1-3H3/b14-13-. The van der Waals surface area contributed by atoms with Crippen LogP contribution >= 0.6 is 0 Å². The molecule has 0 saturated heterocycles. The normalized spacial score (nSPS) is 12.3. The van der Waals surface area contributed by atoms with Gasteiger partial charge in [0, 0.05) is 5.54 Å². The zero-order valence-electron chi connectivity index (χ0n) is 18.0. The fourth-order valence-electron chi connectivity index (χ4n) is 3.92. The average molecular weight is 352 g/mol. The number of allylic oxidation sites excluding steroid dienone is 2. The van der Waals surface area contributed by atoms with E-state index in [9.17, 15) is 0 Å². The van der Waals surface area contributed by atoms with Crippen molar-refractivity contribution in [2.75, 3.05) is 0 Å². The van der Waals surface area contributed by atoms with Crippen LogP contribution in [0.4, 0.5) is 0 Å². The van der Waals surface area contributed by atoms with Crippen molar-refractivity contribution in [1.29, 1.82) is 0 Å². The van der Waals surface area contributed by atoms with Gasteiger partial charge in [-0.2, -0.15) is 0 Å². The lowest BCUT2D eigenvalue weighted by Crippen LogP contribution is -2.39. The second-order valence-electron chi connectivity index (χ2n) is 8.20. The van der Waals surface area contributed by atoms with Gasteiger partial charge in [0.1, 0.15) is 0 Å². The van der Waals surface area contributed by atoms with Crippen LogP contribution < -0.4 is 5.73 Å². The zero-order chi connectivity index (χ0) is 18.6. The number of hydrogen-bond acceptors (Lipinski definition) is 1. The molecular formula is C24H49N. The molecule has 0 aromatic rings. The molecule has 0 heterocycles. The molecule has 25 heavy (non-hydrogen) atoms. The Morgan fingerprint density at radius 2 is 0.960 bits per heavy atom. The van der Waals surface area contributed by atoms with Crippen molar-refractivity contribution in [3.63, 3.8) is 0 Å². The van der Waals surface area contributed by atoms with E-state index in [2.05, 4.69) is 32.9 Å². The highest BCUT2D eigenvalue weighted by atomic mass is 14.7. The molecular weight excluding hydrogens is 302 g/mol. The van der Waals surface area contributed by atoms with Crippen molar-refractivity contribution in [3.8, 4) is 0 Å². The summed E-state index contributed by atoms with van der Waals surface area (Å²) >= 11 is 0. The van der Waals surface area contributed by atoms with Gasteiger partial charge in [0.15, 0.2) is 0 Å². The summed E-state index contributed by atoms with van der Waals surface area (Å²) < 4.78 is 0. The minimum absolute atomic E-state index is 0.128. The van der Waals surface area contributed by atoms with Gasteiger partial charge in [-0.15, -0.1) is 0 Å². The maximum atomic E-state index is 6.56. The number of unbranched alkanes of at least 4 members (excludes halogenated alkanes) is 11. The highest BCUT2D eigenvalue weighted by Gasteiger charge is 2.21. The van der Waals surface area contributed by atoms with E-state index in [4.69, 9.17) is 5.73 Å². The van der Waals surface area contributed by atoms with Crippen molar-refractivity contribution in [1.82, 2.24) is 0 Å². The molecule has 0 spiro atoms. The quantitative estimate of drug-likeness (QED) is 0.184. The topological polar surface area (TPSA) is 26.0 Å². The van der Waals surface area contributed by atoms with E-state index in [0.29, 0.717) is 0 Å². The highest BCUT2D eigenvalue weighted by molar-refractivity contribution is 4.83. The Morgan fingerprint density at radius 3 is 1.44 bits per heavy atom. The Balaban J connectivity index is 3.39. The summed E-state index contributed by atoms with van der Waals surface area (Å²) in [6.45, 7) is 6.81. The van der Waals surface area contributed by atoms with E-state index in [0.717, 1.165) is 0 Å². The molecule has 0 saturated carbocycles. The van der Waals surface area contributed by atoms with Crippen LogP contribution in [0.15, 0.2) is 12.2 Å². The van der Waals surface area contributed by atoms with E-state index in [1.807, 2.05) is 0 Å². The van der Waals surface area contributed by atoms with Gasteiger partial charge in [0.2, 0.25) is 0 Å². The molecule has 2 N–H and O–H groups in total. The third-order valence-corrected chi connectivity index (χ3v) is 5.43. The molecule has 0 aliphatic carbocycles. The second-order valence-corrected chi connectivity index (χ2v) is 8.20. The Hall–Kier alpha value is -0.300. The van der Waals surface area contributed by atoms with E-state index < -0.39 is 0 Å². The van der Waals surface area contributed by atoms with Gasteiger partial charge >= 0.3 is 0 Å². The lowest BCUT2D eigenvalue weighted by Gasteiger charge is -2.29. The molecule has 0 aromatic heterocycles. The summed E-state index contributed by atoms with van der Waals surface area (Å²) in [4.78, 5) is 0. The predicted octanol–water partition coefficient (Wildman–Crippen LogP) is 8.32. The van der Waals surface area contributed by atoms with Gasteiger partial charge in [-0.05, 0) is 44.9 Å². The third-order valence-electron chi connectivity index (χ3n) is 5.43. The van der Waals surface area contributed by atoms with Gasteiger partial charge in [-0.25, -0.2) is 0 Å². The van der Waals surface area contributed by atoms with Gasteiger partial charge in [0.25, 0.3) is 0 Å². The van der Waals surface area contributed by atoms with E-state index >= 15 is 0 Å². The Bertz CT molecular complexity index is 276. The Morgan fingerprint density at radius 1 is 0.520 bits per heavy atom.